The van der Waals surface area contributed by atoms with Crippen LogP contribution in [-0.4, -0.2) is 24.9 Å². The third-order valence-corrected chi connectivity index (χ3v) is 4.84. The summed E-state index contributed by atoms with van der Waals surface area (Å²) in [6, 6.07) is 11.7. The van der Waals surface area contributed by atoms with Crippen molar-refractivity contribution in [3.8, 4) is 11.5 Å². The van der Waals surface area contributed by atoms with Crippen LogP contribution in [0.5, 0.6) is 11.5 Å². The van der Waals surface area contributed by atoms with E-state index in [0.717, 1.165) is 5.75 Å². The molecule has 0 aromatic heterocycles. The molecule has 2 aromatic carbocycles. The Morgan fingerprint density at radius 2 is 1.83 bits per heavy atom. The number of benzene rings is 2. The maximum Gasteiger partial charge on any atom is 0.234 e. The number of nitrogens with one attached hydrogen (secondary N) is 1. The van der Waals surface area contributed by atoms with Gasteiger partial charge in [-0.25, -0.2) is 0 Å². The summed E-state index contributed by atoms with van der Waals surface area (Å²) in [4.78, 5) is 12.1. The number of carbonyl (C=O) groups excluding carboxylic acids is 1. The smallest absolute Gasteiger partial charge is 0.234 e. The van der Waals surface area contributed by atoms with Crippen molar-refractivity contribution in [3.05, 3.63) is 52.5 Å². The van der Waals surface area contributed by atoms with Crippen LogP contribution in [0.4, 0.5) is 5.69 Å². The highest BCUT2D eigenvalue weighted by Crippen LogP contribution is 2.38. The Morgan fingerprint density at radius 3 is 2.54 bits per heavy atom. The predicted octanol–water partition coefficient (Wildman–Crippen LogP) is 4.29. The van der Waals surface area contributed by atoms with Crippen LogP contribution in [0.15, 0.2) is 36.4 Å². The van der Waals surface area contributed by atoms with Gasteiger partial charge in [-0.3, -0.25) is 4.79 Å². The van der Waals surface area contributed by atoms with Crippen molar-refractivity contribution >= 4 is 35.0 Å². The van der Waals surface area contributed by atoms with E-state index >= 15 is 0 Å². The van der Waals surface area contributed by atoms with E-state index in [1.807, 2.05) is 0 Å². The van der Waals surface area contributed by atoms with Gasteiger partial charge in [0.25, 0.3) is 0 Å². The Morgan fingerprint density at radius 1 is 1.17 bits per heavy atom. The monoisotopic (exact) mass is 363 g/mol. The molecule has 1 N–H and O–H groups in total. The lowest BCUT2D eigenvalue weighted by molar-refractivity contribution is -0.113. The second-order valence-corrected chi connectivity index (χ2v) is 6.90. The number of rotatable bonds is 5. The molecule has 3 rings (SSSR count). The molecular weight excluding hydrogens is 346 g/mol. The number of hydrogen-bond donors (Lipinski definition) is 1. The molecule has 0 spiro atoms. The van der Waals surface area contributed by atoms with Crippen LogP contribution in [0.3, 0.4) is 0 Å². The van der Waals surface area contributed by atoms with E-state index in [0.29, 0.717) is 41.2 Å². The number of halogens is 1. The maximum absolute atomic E-state index is 12.1. The summed E-state index contributed by atoms with van der Waals surface area (Å²) in [5.41, 5.74) is 2.98. The van der Waals surface area contributed by atoms with Gasteiger partial charge in [0.1, 0.15) is 13.2 Å². The Bertz CT molecular complexity index is 734. The highest BCUT2D eigenvalue weighted by Gasteiger charge is 2.16. The lowest BCUT2D eigenvalue weighted by Gasteiger charge is -2.20. The van der Waals surface area contributed by atoms with E-state index < -0.39 is 0 Å². The van der Waals surface area contributed by atoms with Crippen molar-refractivity contribution in [2.24, 2.45) is 0 Å². The van der Waals surface area contributed by atoms with Gasteiger partial charge < -0.3 is 14.8 Å². The first-order valence-corrected chi connectivity index (χ1v) is 9.17. The molecule has 0 aliphatic carbocycles. The van der Waals surface area contributed by atoms with Gasteiger partial charge >= 0.3 is 0 Å². The number of amides is 1. The van der Waals surface area contributed by atoms with Gasteiger partial charge in [0.15, 0.2) is 11.5 Å². The molecule has 1 heterocycles. The number of fused-ring (bicyclic) bond motifs is 1. The Labute approximate surface area is 150 Å². The summed E-state index contributed by atoms with van der Waals surface area (Å²) in [6.07, 6.45) is 0. The average Bonchev–Trinajstić information content (AvgIpc) is 2.57. The van der Waals surface area contributed by atoms with E-state index in [4.69, 9.17) is 21.1 Å². The van der Waals surface area contributed by atoms with Crippen molar-refractivity contribution < 1.29 is 14.3 Å². The first-order chi connectivity index (χ1) is 11.6. The van der Waals surface area contributed by atoms with Gasteiger partial charge in [-0.05, 0) is 12.5 Å². The average molecular weight is 364 g/mol. The van der Waals surface area contributed by atoms with Crippen LogP contribution in [-0.2, 0) is 10.5 Å². The summed E-state index contributed by atoms with van der Waals surface area (Å²) in [5.74, 6) is 2.28. The molecule has 24 heavy (non-hydrogen) atoms. The zero-order chi connectivity index (χ0) is 16.9. The third-order valence-electron chi connectivity index (χ3n) is 3.53. The number of thioether (sulfide) groups is 1. The van der Waals surface area contributed by atoms with Crippen molar-refractivity contribution in [1.82, 2.24) is 0 Å². The zero-order valence-electron chi connectivity index (χ0n) is 13.3. The second-order valence-electron chi connectivity index (χ2n) is 5.50. The largest absolute Gasteiger partial charge is 0.486 e. The van der Waals surface area contributed by atoms with E-state index in [2.05, 4.69) is 36.5 Å². The number of carbonyl (C=O) groups is 1. The molecule has 6 heteroatoms. The minimum absolute atomic E-state index is 0.0920. The van der Waals surface area contributed by atoms with Gasteiger partial charge in [-0.2, -0.15) is 0 Å². The molecule has 4 nitrogen and oxygen atoms in total. The van der Waals surface area contributed by atoms with Crippen LogP contribution in [0.25, 0.3) is 0 Å². The minimum Gasteiger partial charge on any atom is -0.486 e. The highest BCUT2D eigenvalue weighted by molar-refractivity contribution is 7.99. The number of anilines is 1. The quantitative estimate of drug-likeness (QED) is 0.860. The van der Waals surface area contributed by atoms with Gasteiger partial charge in [0.2, 0.25) is 5.91 Å². The third kappa shape index (κ3) is 4.36. The molecule has 126 valence electrons. The van der Waals surface area contributed by atoms with E-state index in [1.165, 1.54) is 11.1 Å². The Hall–Kier alpha value is -1.85. The molecule has 0 radical (unpaired) electrons. The van der Waals surface area contributed by atoms with Crippen LogP contribution >= 0.6 is 23.4 Å². The van der Waals surface area contributed by atoms with Crippen LogP contribution < -0.4 is 14.8 Å². The first-order valence-electron chi connectivity index (χ1n) is 7.64. The SMILES string of the molecule is Cc1ccc(CSCC(=O)Nc2cc3c(cc2Cl)OCCO3)cc1. The summed E-state index contributed by atoms with van der Waals surface area (Å²) in [7, 11) is 0. The fraction of sp³-hybridized carbons (Fsp3) is 0.278. The lowest BCUT2D eigenvalue weighted by atomic mass is 10.2. The molecule has 1 amide bonds. The van der Waals surface area contributed by atoms with Gasteiger partial charge in [-0.15, -0.1) is 11.8 Å². The molecule has 0 bridgehead atoms. The summed E-state index contributed by atoms with van der Waals surface area (Å²) in [5, 5.41) is 3.27. The normalized spacial score (nSPS) is 12.8. The predicted molar refractivity (Wildman–Crippen MR) is 98.4 cm³/mol. The van der Waals surface area contributed by atoms with Crippen molar-refractivity contribution in [1.29, 1.82) is 0 Å². The molecule has 0 saturated heterocycles. The van der Waals surface area contributed by atoms with Crippen LogP contribution in [0, 0.1) is 6.92 Å². The topological polar surface area (TPSA) is 47.6 Å². The Balaban J connectivity index is 1.54. The van der Waals surface area contributed by atoms with Crippen molar-refractivity contribution in [2.75, 3.05) is 24.3 Å². The zero-order valence-corrected chi connectivity index (χ0v) is 14.9. The van der Waals surface area contributed by atoms with Crippen LogP contribution in [0.1, 0.15) is 11.1 Å². The van der Waals surface area contributed by atoms with Crippen molar-refractivity contribution in [2.45, 2.75) is 12.7 Å². The number of aryl methyl sites for hydroxylation is 1. The van der Waals surface area contributed by atoms with E-state index in [9.17, 15) is 4.79 Å². The number of ether oxygens (including phenoxy) is 2. The molecule has 2 aromatic rings. The standard InChI is InChI=1S/C18H18ClNO3S/c1-12-2-4-13(5-3-12)10-24-11-18(21)20-15-9-17-16(8-14(15)19)22-6-7-23-17/h2-5,8-9H,6-7,10-11H2,1H3,(H,20,21). The molecular formula is C18H18ClNO3S. The van der Waals surface area contributed by atoms with Gasteiger partial charge in [0.05, 0.1) is 16.5 Å². The molecule has 0 unspecified atom stereocenters. The fourth-order valence-electron chi connectivity index (χ4n) is 2.29. The Kier molecular flexibility index (Phi) is 5.53. The molecule has 0 fully saturated rings. The minimum atomic E-state index is -0.0920. The molecule has 0 atom stereocenters. The second kappa shape index (κ2) is 7.81. The maximum atomic E-state index is 12.1. The lowest BCUT2D eigenvalue weighted by Crippen LogP contribution is -2.17. The fourth-order valence-corrected chi connectivity index (χ4v) is 3.28. The highest BCUT2D eigenvalue weighted by atomic mass is 35.5. The molecule has 0 saturated carbocycles. The van der Waals surface area contributed by atoms with Gasteiger partial charge in [-0.1, -0.05) is 41.4 Å². The van der Waals surface area contributed by atoms with E-state index in [-0.39, 0.29) is 5.91 Å². The van der Waals surface area contributed by atoms with Gasteiger partial charge in [0, 0.05) is 17.9 Å². The van der Waals surface area contributed by atoms with E-state index in [1.54, 1.807) is 23.9 Å². The molecule has 1 aliphatic rings. The molecule has 1 aliphatic heterocycles. The van der Waals surface area contributed by atoms with Crippen LogP contribution in [0.2, 0.25) is 5.02 Å². The summed E-state index contributed by atoms with van der Waals surface area (Å²) in [6.45, 7) is 3.06. The van der Waals surface area contributed by atoms with Crippen molar-refractivity contribution in [3.63, 3.8) is 0 Å². The summed E-state index contributed by atoms with van der Waals surface area (Å²) < 4.78 is 11.0. The first kappa shape index (κ1) is 17.0. The summed E-state index contributed by atoms with van der Waals surface area (Å²) >= 11 is 7.76. The number of hydrogen-bond acceptors (Lipinski definition) is 4.